The van der Waals surface area contributed by atoms with Gasteiger partial charge in [-0.2, -0.15) is 36.5 Å². The Bertz CT molecular complexity index is 2600. The Labute approximate surface area is 386 Å². The quantitative estimate of drug-likeness (QED) is 0.173. The van der Waals surface area contributed by atoms with Crippen LogP contribution in [0.25, 0.3) is 33.2 Å². The molecule has 2 N–H and O–H groups in total. The lowest BCUT2D eigenvalue weighted by Crippen LogP contribution is -2.54. The van der Waals surface area contributed by atoms with Gasteiger partial charge in [0, 0.05) is 15.2 Å². The van der Waals surface area contributed by atoms with Crippen molar-refractivity contribution in [2.45, 2.75) is 145 Å². The number of alkyl halides is 6. The molecule has 352 valence electrons. The van der Waals surface area contributed by atoms with E-state index in [1.165, 1.54) is 29.8 Å². The van der Waals surface area contributed by atoms with Crippen LogP contribution < -0.4 is 0 Å². The summed E-state index contributed by atoms with van der Waals surface area (Å²) in [6, 6.07) is 16.5. The maximum Gasteiger partial charge on any atom is 0.417 e. The highest BCUT2D eigenvalue weighted by Crippen LogP contribution is 2.59. The Morgan fingerprint density at radius 1 is 0.636 bits per heavy atom. The van der Waals surface area contributed by atoms with Crippen molar-refractivity contribution < 1.29 is 45.3 Å². The molecule has 4 aliphatic rings. The number of nitrogens with zero attached hydrogens (tertiary/aromatic N) is 4. The summed E-state index contributed by atoms with van der Waals surface area (Å²) in [6.07, 6.45) is -0.333. The summed E-state index contributed by atoms with van der Waals surface area (Å²) in [4.78, 5) is 0. The Hall–Kier alpha value is -4.34. The van der Waals surface area contributed by atoms with Gasteiger partial charge >= 0.3 is 12.4 Å². The summed E-state index contributed by atoms with van der Waals surface area (Å²) in [5.74, 6) is -1.11. The number of aliphatic hydroxyl groups is 2. The van der Waals surface area contributed by atoms with Crippen LogP contribution in [0.15, 0.2) is 77.5 Å². The molecule has 6 aromatic rings. The van der Waals surface area contributed by atoms with E-state index in [9.17, 15) is 45.3 Å². The fourth-order valence-corrected chi connectivity index (χ4v) is 13.5. The number of benzene rings is 4. The second-order valence-electron chi connectivity index (χ2n) is 19.4. The van der Waals surface area contributed by atoms with Crippen molar-refractivity contribution in [2.75, 3.05) is 0 Å². The fourth-order valence-electron chi connectivity index (χ4n) is 12.7. The lowest BCUT2D eigenvalue weighted by molar-refractivity contribution is -0.279. The molecule has 2 aromatic heterocycles. The predicted molar refractivity (Wildman–Crippen MR) is 241 cm³/mol. The van der Waals surface area contributed by atoms with Crippen molar-refractivity contribution in [3.05, 3.63) is 117 Å². The van der Waals surface area contributed by atoms with E-state index in [1.54, 1.807) is 41.3 Å². The monoisotopic (exact) mass is 984 g/mol. The highest BCUT2D eigenvalue weighted by molar-refractivity contribution is 9.10. The van der Waals surface area contributed by atoms with E-state index in [4.69, 9.17) is 0 Å². The Morgan fingerprint density at radius 2 is 1.05 bits per heavy atom. The molecule has 2 heterocycles. The van der Waals surface area contributed by atoms with Crippen LogP contribution in [0.1, 0.15) is 119 Å². The standard InChI is InChI=1S/C26H28F4N2O.C25H25BrF4N2O/c1-3-24-11-12-25(33,26(28,29)30)14-18(24)5-4-6-21-16(2)23-17(13-22(21)24)15-31-32(23)20-9-7-19(27)8-10-20;1-2-23-10-11-24(33,25(28,29)30)13-16(23)4-3-5-19-20(23)12-15-14-31-32(22(15)21(19)26)18-8-6-17(27)7-9-18/h7-10,13,15,18,33H,3-6,11-12,14H2,1-2H3;6-9,12,14,16,33H,2-5,10-11,13H2,1H3/t18-,24-,25-;16-,23-,24-/m11/s1. The third-order valence-corrected chi connectivity index (χ3v) is 17.2. The van der Waals surface area contributed by atoms with E-state index in [1.807, 2.05) is 11.6 Å². The summed E-state index contributed by atoms with van der Waals surface area (Å²) in [5.41, 5.74) is 2.86. The van der Waals surface area contributed by atoms with Gasteiger partial charge in [0.1, 0.15) is 11.6 Å². The third kappa shape index (κ3) is 7.48. The Balaban J connectivity index is 0.000000166. The van der Waals surface area contributed by atoms with Gasteiger partial charge in [-0.05, 0) is 224 Å². The summed E-state index contributed by atoms with van der Waals surface area (Å²) in [6.45, 7) is 6.16. The van der Waals surface area contributed by atoms with Gasteiger partial charge in [0.25, 0.3) is 0 Å². The topological polar surface area (TPSA) is 76.1 Å². The zero-order chi connectivity index (χ0) is 47.2. The predicted octanol–water partition coefficient (Wildman–Crippen LogP) is 13.6. The first-order valence-corrected chi connectivity index (χ1v) is 23.8. The van der Waals surface area contributed by atoms with Gasteiger partial charge in [0.05, 0.1) is 34.8 Å². The largest absolute Gasteiger partial charge is 0.417 e. The van der Waals surface area contributed by atoms with Crippen molar-refractivity contribution in [1.29, 1.82) is 0 Å². The van der Waals surface area contributed by atoms with E-state index in [-0.39, 0.29) is 54.6 Å². The molecular formula is C51H53BrF8N4O2. The van der Waals surface area contributed by atoms with Crippen molar-refractivity contribution >= 4 is 37.7 Å². The first-order valence-electron chi connectivity index (χ1n) is 23.0. The molecule has 66 heavy (non-hydrogen) atoms. The molecule has 0 aliphatic heterocycles. The Morgan fingerprint density at radius 3 is 1.48 bits per heavy atom. The number of aromatic nitrogens is 4. The van der Waals surface area contributed by atoms with Crippen molar-refractivity contribution in [3.8, 4) is 11.4 Å². The van der Waals surface area contributed by atoms with E-state index in [0.717, 1.165) is 92.0 Å². The number of aryl methyl sites for hydroxylation is 1. The van der Waals surface area contributed by atoms with Crippen LogP contribution in [0.5, 0.6) is 0 Å². The molecule has 0 bridgehead atoms. The molecule has 0 unspecified atom stereocenters. The lowest BCUT2D eigenvalue weighted by atomic mass is 9.56. The van der Waals surface area contributed by atoms with Gasteiger partial charge in [0.15, 0.2) is 11.2 Å². The van der Waals surface area contributed by atoms with E-state index in [0.29, 0.717) is 32.1 Å². The normalized spacial score (nSPS) is 27.8. The summed E-state index contributed by atoms with van der Waals surface area (Å²) < 4.78 is 113. The molecule has 15 heteroatoms. The van der Waals surface area contributed by atoms with Crippen molar-refractivity contribution in [2.24, 2.45) is 11.8 Å². The molecule has 6 atom stereocenters. The number of hydrogen-bond donors (Lipinski definition) is 2. The molecule has 0 saturated heterocycles. The maximum atomic E-state index is 13.7. The minimum absolute atomic E-state index is 0.229. The zero-order valence-electron chi connectivity index (χ0n) is 37.1. The first-order chi connectivity index (χ1) is 31.2. The smallest absolute Gasteiger partial charge is 0.380 e. The summed E-state index contributed by atoms with van der Waals surface area (Å²) >= 11 is 3.80. The molecule has 2 fully saturated rings. The SMILES string of the molecule is CC[C@@]12CC[C@](O)(C(F)(F)F)C[C@H]1CCCc1c2cc2cnn(-c3ccc(F)cc3)c2c1Br.CC[C@@]12CC[C@](O)(C(F)(F)F)C[C@H]1CCCc1c2cc2cnn(-c3ccc(F)cc3)c2c1C. The average molecular weight is 986 g/mol. The zero-order valence-corrected chi connectivity index (χ0v) is 38.7. The van der Waals surface area contributed by atoms with Gasteiger partial charge in [-0.15, -0.1) is 0 Å². The molecule has 2 saturated carbocycles. The summed E-state index contributed by atoms with van der Waals surface area (Å²) in [7, 11) is 0. The first kappa shape index (κ1) is 46.8. The van der Waals surface area contributed by atoms with Gasteiger partial charge in [0.2, 0.25) is 0 Å². The second-order valence-corrected chi connectivity index (χ2v) is 20.1. The van der Waals surface area contributed by atoms with Crippen LogP contribution in [0.3, 0.4) is 0 Å². The molecule has 0 spiro atoms. The van der Waals surface area contributed by atoms with Crippen LogP contribution in [-0.2, 0) is 23.7 Å². The van der Waals surface area contributed by atoms with E-state index < -0.39 is 29.0 Å². The highest BCUT2D eigenvalue weighted by Gasteiger charge is 2.62. The number of hydrogen-bond acceptors (Lipinski definition) is 4. The molecule has 0 radical (unpaired) electrons. The van der Waals surface area contributed by atoms with Gasteiger partial charge in [-0.1, -0.05) is 13.8 Å². The van der Waals surface area contributed by atoms with E-state index in [2.05, 4.69) is 52.1 Å². The minimum Gasteiger partial charge on any atom is -0.380 e. The number of rotatable bonds is 4. The Kier molecular flexibility index (Phi) is 11.8. The van der Waals surface area contributed by atoms with Crippen LogP contribution in [0.2, 0.25) is 0 Å². The molecule has 4 aromatic carbocycles. The maximum absolute atomic E-state index is 13.7. The van der Waals surface area contributed by atoms with Crippen LogP contribution in [0, 0.1) is 30.4 Å². The fraction of sp³-hybridized carbons (Fsp3) is 0.490. The molecular weight excluding hydrogens is 932 g/mol. The molecule has 0 amide bonds. The van der Waals surface area contributed by atoms with Crippen molar-refractivity contribution in [3.63, 3.8) is 0 Å². The molecule has 10 rings (SSSR count). The van der Waals surface area contributed by atoms with Gasteiger partial charge < -0.3 is 10.2 Å². The van der Waals surface area contributed by atoms with Gasteiger partial charge in [-0.25, -0.2) is 18.1 Å². The average Bonchev–Trinajstić information content (AvgIpc) is 3.82. The van der Waals surface area contributed by atoms with Crippen LogP contribution >= 0.6 is 15.9 Å². The number of halogens is 9. The van der Waals surface area contributed by atoms with Gasteiger partial charge in [-0.3, -0.25) is 0 Å². The lowest BCUT2D eigenvalue weighted by Gasteiger charge is -2.50. The third-order valence-electron chi connectivity index (χ3n) is 16.3. The number of fused-ring (bicyclic) bond motifs is 8. The highest BCUT2D eigenvalue weighted by atomic mass is 79.9. The van der Waals surface area contributed by atoms with Crippen molar-refractivity contribution in [1.82, 2.24) is 19.6 Å². The molecule has 4 aliphatic carbocycles. The molecule has 6 nitrogen and oxygen atoms in total. The minimum atomic E-state index is -4.62. The second kappa shape index (κ2) is 16.7. The summed E-state index contributed by atoms with van der Waals surface area (Å²) in [5, 5.41) is 31.9. The van der Waals surface area contributed by atoms with E-state index >= 15 is 0 Å². The van der Waals surface area contributed by atoms with Crippen LogP contribution in [0.4, 0.5) is 35.1 Å². The van der Waals surface area contributed by atoms with Crippen LogP contribution in [-0.4, -0.2) is 53.3 Å².